The first-order valence-corrected chi connectivity index (χ1v) is 21.0. The second-order valence-electron chi connectivity index (χ2n) is 9.77. The largest absolute Gasteiger partial charge is 0.449 e. The predicted octanol–water partition coefficient (Wildman–Crippen LogP) is 5.57. The summed E-state index contributed by atoms with van der Waals surface area (Å²) >= 11 is 0. The number of ether oxygens (including phenoxy) is 4. The van der Waals surface area contributed by atoms with Crippen LogP contribution in [0.15, 0.2) is 18.7 Å². The Morgan fingerprint density at radius 2 is 1.09 bits per heavy atom. The molecular weight excluding hydrogens is 689 g/mol. The highest BCUT2D eigenvalue weighted by atomic mass is 33.1. The van der Waals surface area contributed by atoms with Crippen molar-refractivity contribution in [2.75, 3.05) is 88.7 Å². The molecule has 0 saturated carbocycles. The molecule has 0 bridgehead atoms. The van der Waals surface area contributed by atoms with E-state index in [1.807, 2.05) is 13.8 Å². The molecule has 14 nitrogen and oxygen atoms in total. The first-order valence-electron chi connectivity index (χ1n) is 16.0. The van der Waals surface area contributed by atoms with E-state index in [1.165, 1.54) is 29.9 Å². The number of hydrogen-bond acceptors (Lipinski definition) is 14. The van der Waals surface area contributed by atoms with Crippen LogP contribution in [-0.2, 0) is 18.9 Å². The Bertz CT molecular complexity index is 955. The van der Waals surface area contributed by atoms with Crippen LogP contribution in [0.4, 0.5) is 19.2 Å². The van der Waals surface area contributed by atoms with Gasteiger partial charge in [-0.3, -0.25) is 0 Å². The number of nitrogens with one attached hydrogen (secondary N) is 1. The standard InChI is InChI=1S/C14H21N3O4S2.C13H24N2O4S2.C2H7N/c18-13(16-5-2-1-3-6-16)20-8-10-22-23-11-9-21-14(19)17-7-4-15-12-17;1-2-14-12(16)18-8-10-20-21-11-9-19-13(17)15-6-4-3-5-7-15;1-2-3/h4,7,12H,1-3,5-6,8-11H2;2-11H2,1H3,(H,14,16);2-3H2,1H3. The Hall–Kier alpha value is -2.15. The van der Waals surface area contributed by atoms with Gasteiger partial charge in [-0.1, -0.05) is 50.1 Å². The lowest BCUT2D eigenvalue weighted by molar-refractivity contribution is 0.0999. The lowest BCUT2D eigenvalue weighted by Crippen LogP contribution is -2.36. The third-order valence-electron chi connectivity index (χ3n) is 6.01. The fourth-order valence-electron chi connectivity index (χ4n) is 3.87. The second kappa shape index (κ2) is 29.9. The van der Waals surface area contributed by atoms with Crippen LogP contribution in [0.5, 0.6) is 0 Å². The molecule has 0 unspecified atom stereocenters. The molecule has 0 atom stereocenters. The molecule has 2 aliphatic heterocycles. The summed E-state index contributed by atoms with van der Waals surface area (Å²) in [7, 11) is 6.41. The molecule has 0 aromatic carbocycles. The van der Waals surface area contributed by atoms with E-state index in [-0.39, 0.29) is 18.3 Å². The van der Waals surface area contributed by atoms with Crippen molar-refractivity contribution in [3.63, 3.8) is 0 Å². The zero-order valence-electron chi connectivity index (χ0n) is 27.6. The number of carbonyl (C=O) groups excluding carboxylic acids is 4. The van der Waals surface area contributed by atoms with E-state index in [2.05, 4.69) is 10.3 Å². The van der Waals surface area contributed by atoms with Gasteiger partial charge in [0, 0.05) is 68.1 Å². The summed E-state index contributed by atoms with van der Waals surface area (Å²) in [5, 5.41) is 2.56. The highest BCUT2D eigenvalue weighted by Crippen LogP contribution is 2.21. The van der Waals surface area contributed by atoms with Gasteiger partial charge in [0.05, 0.1) is 0 Å². The lowest BCUT2D eigenvalue weighted by Gasteiger charge is -2.25. The van der Waals surface area contributed by atoms with Gasteiger partial charge >= 0.3 is 24.4 Å². The van der Waals surface area contributed by atoms with Crippen LogP contribution in [0, 0.1) is 0 Å². The SMILES string of the molecule is CCN.CCNC(=O)OCCSSCCOC(=O)N1CCCCC1.O=C(OCCSSCCOC(=O)n1ccnc1)N1CCCCC1. The fraction of sp³-hybridized carbons (Fsp3) is 0.759. The molecule has 3 amide bonds. The molecule has 270 valence electrons. The number of hydrogen-bond donors (Lipinski definition) is 2. The number of alkyl carbamates (subject to hydrolysis) is 1. The molecule has 3 N–H and O–H groups in total. The van der Waals surface area contributed by atoms with Gasteiger partial charge < -0.3 is 39.8 Å². The average Bonchev–Trinajstić information content (AvgIpc) is 3.64. The van der Waals surface area contributed by atoms with Crippen molar-refractivity contribution in [2.45, 2.75) is 52.4 Å². The smallest absolute Gasteiger partial charge is 0.419 e. The first-order chi connectivity index (χ1) is 22.9. The average molecular weight is 741 g/mol. The number of piperidine rings is 2. The summed E-state index contributed by atoms with van der Waals surface area (Å²) in [6.45, 7) is 9.87. The topological polar surface area (TPSA) is 168 Å². The zero-order chi connectivity index (χ0) is 34.4. The summed E-state index contributed by atoms with van der Waals surface area (Å²) in [4.78, 5) is 53.2. The maximum Gasteiger partial charge on any atom is 0.419 e. The summed E-state index contributed by atoms with van der Waals surface area (Å²) in [6.07, 6.45) is 9.95. The van der Waals surface area contributed by atoms with Crippen LogP contribution >= 0.6 is 43.2 Å². The van der Waals surface area contributed by atoms with E-state index in [0.717, 1.165) is 75.7 Å². The van der Waals surface area contributed by atoms with Gasteiger partial charge in [-0.05, 0) is 52.0 Å². The normalized spacial score (nSPS) is 14.0. The van der Waals surface area contributed by atoms with E-state index in [1.54, 1.807) is 59.2 Å². The number of aromatic nitrogens is 2. The number of rotatable bonds is 15. The van der Waals surface area contributed by atoms with Crippen molar-refractivity contribution in [3.05, 3.63) is 18.7 Å². The van der Waals surface area contributed by atoms with Gasteiger partial charge in [-0.2, -0.15) is 0 Å². The summed E-state index contributed by atoms with van der Waals surface area (Å²) in [5.41, 5.74) is 4.85. The third-order valence-corrected chi connectivity index (χ3v) is 10.7. The molecule has 2 saturated heterocycles. The summed E-state index contributed by atoms with van der Waals surface area (Å²) in [6, 6.07) is 0. The van der Waals surface area contributed by atoms with Gasteiger partial charge in [0.25, 0.3) is 0 Å². The van der Waals surface area contributed by atoms with Gasteiger partial charge in [0.15, 0.2) is 0 Å². The third kappa shape index (κ3) is 22.9. The molecule has 47 heavy (non-hydrogen) atoms. The number of nitrogens with zero attached hydrogens (tertiary/aromatic N) is 4. The lowest BCUT2D eigenvalue weighted by atomic mass is 10.1. The molecule has 1 aromatic heterocycles. The Morgan fingerprint density at radius 3 is 1.47 bits per heavy atom. The van der Waals surface area contributed by atoms with E-state index in [0.29, 0.717) is 38.7 Å². The maximum atomic E-state index is 11.7. The summed E-state index contributed by atoms with van der Waals surface area (Å²) < 4.78 is 21.7. The van der Waals surface area contributed by atoms with Crippen molar-refractivity contribution in [1.82, 2.24) is 24.7 Å². The van der Waals surface area contributed by atoms with Crippen LogP contribution in [0.25, 0.3) is 0 Å². The van der Waals surface area contributed by atoms with Crippen molar-refractivity contribution in [3.8, 4) is 0 Å². The van der Waals surface area contributed by atoms with Crippen molar-refractivity contribution in [1.29, 1.82) is 0 Å². The monoisotopic (exact) mass is 740 g/mol. The minimum atomic E-state index is -0.427. The van der Waals surface area contributed by atoms with Crippen LogP contribution in [-0.4, -0.2) is 132 Å². The highest BCUT2D eigenvalue weighted by molar-refractivity contribution is 8.77. The molecule has 2 fully saturated rings. The molecule has 2 aliphatic rings. The van der Waals surface area contributed by atoms with E-state index in [4.69, 9.17) is 24.7 Å². The Morgan fingerprint density at radius 1 is 0.681 bits per heavy atom. The Balaban J connectivity index is 0.000000435. The minimum absolute atomic E-state index is 0.195. The van der Waals surface area contributed by atoms with E-state index >= 15 is 0 Å². The van der Waals surface area contributed by atoms with Gasteiger partial charge in [-0.25, -0.2) is 28.7 Å². The molecule has 1 aromatic rings. The van der Waals surface area contributed by atoms with Crippen LogP contribution < -0.4 is 11.1 Å². The maximum absolute atomic E-state index is 11.7. The van der Waals surface area contributed by atoms with Crippen molar-refractivity contribution >= 4 is 67.5 Å². The van der Waals surface area contributed by atoms with Gasteiger partial charge in [-0.15, -0.1) is 0 Å². The first kappa shape index (κ1) is 42.9. The zero-order valence-corrected chi connectivity index (χ0v) is 30.9. The quantitative estimate of drug-likeness (QED) is 0.130. The van der Waals surface area contributed by atoms with Crippen molar-refractivity contribution in [2.24, 2.45) is 5.73 Å². The fourth-order valence-corrected chi connectivity index (χ4v) is 7.17. The van der Waals surface area contributed by atoms with Gasteiger partial charge in [0.2, 0.25) is 0 Å². The molecule has 0 spiro atoms. The molecule has 0 aliphatic carbocycles. The second-order valence-corrected chi connectivity index (χ2v) is 15.2. The van der Waals surface area contributed by atoms with E-state index < -0.39 is 6.09 Å². The van der Waals surface area contributed by atoms with Crippen LogP contribution in [0.3, 0.4) is 0 Å². The number of likely N-dealkylation sites (tertiary alicyclic amines) is 2. The Labute approximate surface area is 294 Å². The highest BCUT2D eigenvalue weighted by Gasteiger charge is 2.18. The number of amides is 3. The number of imidazole rings is 1. The minimum Gasteiger partial charge on any atom is -0.449 e. The molecule has 0 radical (unpaired) electrons. The molecule has 3 rings (SSSR count). The predicted molar refractivity (Wildman–Crippen MR) is 192 cm³/mol. The Kier molecular flexibility index (Phi) is 27.3. The molecule has 18 heteroatoms. The van der Waals surface area contributed by atoms with Crippen LogP contribution in [0.1, 0.15) is 52.4 Å². The van der Waals surface area contributed by atoms with E-state index in [9.17, 15) is 19.2 Å². The van der Waals surface area contributed by atoms with Crippen LogP contribution in [0.2, 0.25) is 0 Å². The number of nitrogens with two attached hydrogens (primary N) is 1. The molecule has 3 heterocycles. The summed E-state index contributed by atoms with van der Waals surface area (Å²) in [5.74, 6) is 2.87. The van der Waals surface area contributed by atoms with Gasteiger partial charge in [0.1, 0.15) is 32.8 Å². The van der Waals surface area contributed by atoms with Crippen molar-refractivity contribution < 1.29 is 38.1 Å². The number of carbonyl (C=O) groups is 4. The molecular formula is C29H52N6O8S4.